The summed E-state index contributed by atoms with van der Waals surface area (Å²) >= 11 is 5.80. The summed E-state index contributed by atoms with van der Waals surface area (Å²) in [7, 11) is 0. The van der Waals surface area contributed by atoms with Crippen molar-refractivity contribution in [1.82, 2.24) is 20.1 Å². The highest BCUT2D eigenvalue weighted by atomic mass is 35.5. The Balaban J connectivity index is 1.60. The molecule has 0 radical (unpaired) electrons. The van der Waals surface area contributed by atoms with Crippen molar-refractivity contribution in [1.29, 1.82) is 0 Å². The lowest BCUT2D eigenvalue weighted by molar-refractivity contribution is -0.120. The van der Waals surface area contributed by atoms with Gasteiger partial charge in [0.25, 0.3) is 0 Å². The fourth-order valence-electron chi connectivity index (χ4n) is 2.56. The number of aryl methyl sites for hydroxylation is 1. The van der Waals surface area contributed by atoms with Crippen molar-refractivity contribution >= 4 is 28.4 Å². The molecule has 0 unspecified atom stereocenters. The van der Waals surface area contributed by atoms with E-state index in [1.165, 1.54) is 0 Å². The average molecular weight is 317 g/mol. The van der Waals surface area contributed by atoms with Crippen LogP contribution in [0.25, 0.3) is 10.9 Å². The number of aromatic amines is 1. The predicted octanol–water partition coefficient (Wildman–Crippen LogP) is 2.69. The molecule has 0 aliphatic heterocycles. The first-order chi connectivity index (χ1) is 10.6. The number of amides is 1. The average Bonchev–Trinajstić information content (AvgIpc) is 3.03. The van der Waals surface area contributed by atoms with E-state index < -0.39 is 0 Å². The lowest BCUT2D eigenvalue weighted by Crippen LogP contribution is -2.28. The van der Waals surface area contributed by atoms with E-state index in [0.29, 0.717) is 24.5 Å². The van der Waals surface area contributed by atoms with Gasteiger partial charge in [0.1, 0.15) is 0 Å². The summed E-state index contributed by atoms with van der Waals surface area (Å²) in [6, 6.07) is 8.02. The number of hydrogen-bond donors (Lipinski definition) is 2. The van der Waals surface area contributed by atoms with Gasteiger partial charge in [-0.3, -0.25) is 9.48 Å². The van der Waals surface area contributed by atoms with Crippen molar-refractivity contribution in [2.75, 3.05) is 6.54 Å². The van der Waals surface area contributed by atoms with Gasteiger partial charge in [0.15, 0.2) is 0 Å². The topological polar surface area (TPSA) is 62.7 Å². The number of rotatable bonds is 5. The molecule has 3 rings (SSSR count). The normalized spacial score (nSPS) is 11.0. The Bertz CT molecular complexity index is 805. The molecule has 22 heavy (non-hydrogen) atoms. The van der Waals surface area contributed by atoms with E-state index in [1.54, 1.807) is 17.1 Å². The standard InChI is InChI=1S/C16H17ClN4O/c1-11-14(13-4-2-3-5-15(13)20-11)8-16(22)18-6-7-21-10-12(17)9-19-21/h2-5,9-10,20H,6-8H2,1H3,(H,18,22). The maximum atomic E-state index is 12.1. The highest BCUT2D eigenvalue weighted by molar-refractivity contribution is 6.30. The number of fused-ring (bicyclic) bond motifs is 1. The molecule has 0 bridgehead atoms. The third kappa shape index (κ3) is 3.14. The van der Waals surface area contributed by atoms with Crippen LogP contribution in [0, 0.1) is 6.92 Å². The number of nitrogens with zero attached hydrogens (tertiary/aromatic N) is 2. The zero-order chi connectivity index (χ0) is 15.5. The first-order valence-electron chi connectivity index (χ1n) is 7.14. The number of para-hydroxylation sites is 1. The number of hydrogen-bond acceptors (Lipinski definition) is 2. The van der Waals surface area contributed by atoms with Crippen LogP contribution in [0.1, 0.15) is 11.3 Å². The molecule has 2 heterocycles. The van der Waals surface area contributed by atoms with Gasteiger partial charge in [-0.05, 0) is 18.6 Å². The van der Waals surface area contributed by atoms with E-state index >= 15 is 0 Å². The second-order valence-corrected chi connectivity index (χ2v) is 5.66. The molecule has 0 spiro atoms. The van der Waals surface area contributed by atoms with E-state index in [1.807, 2.05) is 31.2 Å². The Labute approximate surface area is 133 Å². The molecule has 2 N–H and O–H groups in total. The van der Waals surface area contributed by atoms with Gasteiger partial charge < -0.3 is 10.3 Å². The van der Waals surface area contributed by atoms with Crippen molar-refractivity contribution in [2.45, 2.75) is 19.9 Å². The number of H-pyrrole nitrogens is 1. The molecule has 0 fully saturated rings. The molecule has 5 nitrogen and oxygen atoms in total. The van der Waals surface area contributed by atoms with Gasteiger partial charge in [0, 0.05) is 29.3 Å². The molecule has 2 aromatic heterocycles. The van der Waals surface area contributed by atoms with Gasteiger partial charge in [0.05, 0.1) is 24.2 Å². The van der Waals surface area contributed by atoms with Crippen LogP contribution >= 0.6 is 11.6 Å². The first kappa shape index (κ1) is 14.7. The summed E-state index contributed by atoms with van der Waals surface area (Å²) in [5.74, 6) is 0.00565. The molecular formula is C16H17ClN4O. The number of carbonyl (C=O) groups excluding carboxylic acids is 1. The fourth-order valence-corrected chi connectivity index (χ4v) is 2.71. The molecule has 3 aromatic rings. The van der Waals surface area contributed by atoms with Crippen molar-refractivity contribution in [3.05, 3.63) is 52.9 Å². The van der Waals surface area contributed by atoms with Crippen LogP contribution in [0.15, 0.2) is 36.7 Å². The van der Waals surface area contributed by atoms with Gasteiger partial charge >= 0.3 is 0 Å². The summed E-state index contributed by atoms with van der Waals surface area (Å²) < 4.78 is 1.71. The number of benzene rings is 1. The van der Waals surface area contributed by atoms with Gasteiger partial charge in [-0.2, -0.15) is 5.10 Å². The molecule has 6 heteroatoms. The van der Waals surface area contributed by atoms with Crippen molar-refractivity contribution in [3.63, 3.8) is 0 Å². The van der Waals surface area contributed by atoms with Gasteiger partial charge in [-0.25, -0.2) is 0 Å². The largest absolute Gasteiger partial charge is 0.358 e. The molecule has 114 valence electrons. The molecule has 0 aliphatic carbocycles. The third-order valence-electron chi connectivity index (χ3n) is 3.63. The third-order valence-corrected chi connectivity index (χ3v) is 3.82. The Morgan fingerprint density at radius 3 is 3.00 bits per heavy atom. The number of carbonyl (C=O) groups is 1. The highest BCUT2D eigenvalue weighted by Gasteiger charge is 2.11. The monoisotopic (exact) mass is 316 g/mol. The second kappa shape index (κ2) is 6.23. The molecule has 0 aliphatic rings. The maximum Gasteiger partial charge on any atom is 0.224 e. The molecule has 0 saturated heterocycles. The molecular weight excluding hydrogens is 300 g/mol. The summed E-state index contributed by atoms with van der Waals surface area (Å²) in [5.41, 5.74) is 3.15. The zero-order valence-corrected chi connectivity index (χ0v) is 13.0. The van der Waals surface area contributed by atoms with Crippen LogP contribution in [-0.4, -0.2) is 27.2 Å². The SMILES string of the molecule is Cc1[nH]c2ccccc2c1CC(=O)NCCn1cc(Cl)cn1. The quantitative estimate of drug-likeness (QED) is 0.760. The smallest absolute Gasteiger partial charge is 0.224 e. The lowest BCUT2D eigenvalue weighted by atomic mass is 10.1. The minimum absolute atomic E-state index is 0.00565. The Morgan fingerprint density at radius 1 is 1.41 bits per heavy atom. The van der Waals surface area contributed by atoms with Crippen LogP contribution in [0.3, 0.4) is 0 Å². The molecule has 1 aromatic carbocycles. The van der Waals surface area contributed by atoms with E-state index in [-0.39, 0.29) is 5.91 Å². The number of aromatic nitrogens is 3. The van der Waals surface area contributed by atoms with Crippen LogP contribution in [0.4, 0.5) is 0 Å². The number of halogens is 1. The van der Waals surface area contributed by atoms with Crippen molar-refractivity contribution in [3.8, 4) is 0 Å². The first-order valence-corrected chi connectivity index (χ1v) is 7.52. The van der Waals surface area contributed by atoms with Gasteiger partial charge in [-0.15, -0.1) is 0 Å². The van der Waals surface area contributed by atoms with E-state index in [9.17, 15) is 4.79 Å². The summed E-state index contributed by atoms with van der Waals surface area (Å²) in [4.78, 5) is 15.4. The molecule has 0 atom stereocenters. The Hall–Kier alpha value is -2.27. The zero-order valence-electron chi connectivity index (χ0n) is 12.3. The highest BCUT2D eigenvalue weighted by Crippen LogP contribution is 2.22. The van der Waals surface area contributed by atoms with Crippen LogP contribution < -0.4 is 5.32 Å². The van der Waals surface area contributed by atoms with Crippen LogP contribution in [-0.2, 0) is 17.8 Å². The van der Waals surface area contributed by atoms with E-state index in [0.717, 1.165) is 22.2 Å². The van der Waals surface area contributed by atoms with Crippen LogP contribution in [0.2, 0.25) is 5.02 Å². The Kier molecular flexibility index (Phi) is 4.15. The minimum Gasteiger partial charge on any atom is -0.358 e. The van der Waals surface area contributed by atoms with Crippen molar-refractivity contribution in [2.24, 2.45) is 0 Å². The summed E-state index contributed by atoms with van der Waals surface area (Å²) in [5, 5.41) is 8.69. The number of nitrogens with one attached hydrogen (secondary N) is 2. The summed E-state index contributed by atoms with van der Waals surface area (Å²) in [6.45, 7) is 3.12. The Morgan fingerprint density at radius 2 is 2.23 bits per heavy atom. The van der Waals surface area contributed by atoms with Gasteiger partial charge in [-0.1, -0.05) is 29.8 Å². The van der Waals surface area contributed by atoms with Crippen molar-refractivity contribution < 1.29 is 4.79 Å². The van der Waals surface area contributed by atoms with E-state index in [4.69, 9.17) is 11.6 Å². The maximum absolute atomic E-state index is 12.1. The van der Waals surface area contributed by atoms with Gasteiger partial charge in [0.2, 0.25) is 5.91 Å². The fraction of sp³-hybridized carbons (Fsp3) is 0.250. The van der Waals surface area contributed by atoms with Crippen LogP contribution in [0.5, 0.6) is 0 Å². The minimum atomic E-state index is 0.00565. The second-order valence-electron chi connectivity index (χ2n) is 5.22. The lowest BCUT2D eigenvalue weighted by Gasteiger charge is -2.06. The molecule has 1 amide bonds. The molecule has 0 saturated carbocycles. The summed E-state index contributed by atoms with van der Waals surface area (Å²) in [6.07, 6.45) is 3.69. The predicted molar refractivity (Wildman–Crippen MR) is 87.0 cm³/mol. The van der Waals surface area contributed by atoms with E-state index in [2.05, 4.69) is 15.4 Å².